The molecule has 1 aromatic carbocycles. The maximum absolute atomic E-state index is 12.7. The van der Waals surface area contributed by atoms with E-state index in [2.05, 4.69) is 11.1 Å². The van der Waals surface area contributed by atoms with Gasteiger partial charge in [0, 0.05) is 12.3 Å². The smallest absolute Gasteiger partial charge is 0.411 e. The molecule has 1 saturated heterocycles. The molecule has 6 nitrogen and oxygen atoms in total. The monoisotopic (exact) mass is 366 g/mol. The van der Waals surface area contributed by atoms with Gasteiger partial charge in [0.25, 0.3) is 0 Å². The fourth-order valence-corrected chi connectivity index (χ4v) is 3.61. The van der Waals surface area contributed by atoms with Gasteiger partial charge in [0.1, 0.15) is 6.61 Å². The molecule has 1 amide bonds. The van der Waals surface area contributed by atoms with Crippen molar-refractivity contribution in [2.45, 2.75) is 25.1 Å². The van der Waals surface area contributed by atoms with Gasteiger partial charge in [0.2, 0.25) is 5.88 Å². The van der Waals surface area contributed by atoms with Gasteiger partial charge in [-0.15, -0.1) is 0 Å². The average molecular weight is 366 g/mol. The molecule has 0 spiro atoms. The summed E-state index contributed by atoms with van der Waals surface area (Å²) >= 11 is 0. The highest BCUT2D eigenvalue weighted by atomic mass is 16.6. The van der Waals surface area contributed by atoms with Crippen molar-refractivity contribution in [3.8, 4) is 5.88 Å². The molecular weight excluding hydrogens is 344 g/mol. The number of aromatic nitrogens is 1. The molecule has 0 N–H and O–H groups in total. The molecule has 0 saturated carbocycles. The molecular formula is C21H22N2O4. The Labute approximate surface area is 158 Å². The van der Waals surface area contributed by atoms with Crippen molar-refractivity contribution < 1.29 is 19.0 Å². The van der Waals surface area contributed by atoms with Crippen molar-refractivity contribution in [2.75, 3.05) is 20.3 Å². The first kappa shape index (κ1) is 17.5. The van der Waals surface area contributed by atoms with E-state index in [4.69, 9.17) is 14.2 Å². The predicted molar refractivity (Wildman–Crippen MR) is 100 cm³/mol. The van der Waals surface area contributed by atoms with Crippen LogP contribution in [0.4, 0.5) is 4.79 Å². The second kappa shape index (κ2) is 7.80. The molecule has 2 atom stereocenters. The summed E-state index contributed by atoms with van der Waals surface area (Å²) in [5.74, 6) is 0.583. The van der Waals surface area contributed by atoms with Crippen LogP contribution in [0.25, 0.3) is 5.57 Å². The molecule has 2 unspecified atom stereocenters. The third-order valence-corrected chi connectivity index (χ3v) is 4.93. The number of ether oxygens (including phenoxy) is 3. The van der Waals surface area contributed by atoms with Crippen molar-refractivity contribution in [3.63, 3.8) is 0 Å². The SMILES string of the molecule is COc1cc(C2=CC3COCC(C2)N3C(=O)OCc2ccccc2)ccn1. The number of pyridine rings is 1. The maximum atomic E-state index is 12.7. The van der Waals surface area contributed by atoms with E-state index in [-0.39, 0.29) is 24.8 Å². The van der Waals surface area contributed by atoms with Gasteiger partial charge in [0.15, 0.2) is 0 Å². The van der Waals surface area contributed by atoms with Crippen LogP contribution in [-0.2, 0) is 16.1 Å². The summed E-state index contributed by atoms with van der Waals surface area (Å²) in [4.78, 5) is 18.7. The lowest BCUT2D eigenvalue weighted by Gasteiger charge is -2.43. The minimum absolute atomic E-state index is 0.0359. The van der Waals surface area contributed by atoms with Gasteiger partial charge >= 0.3 is 6.09 Å². The van der Waals surface area contributed by atoms with Crippen molar-refractivity contribution in [2.24, 2.45) is 0 Å². The van der Waals surface area contributed by atoms with E-state index in [1.165, 1.54) is 5.57 Å². The topological polar surface area (TPSA) is 60.9 Å². The van der Waals surface area contributed by atoms with Crippen LogP contribution in [0.3, 0.4) is 0 Å². The quantitative estimate of drug-likeness (QED) is 0.831. The lowest BCUT2D eigenvalue weighted by Crippen LogP contribution is -2.56. The highest BCUT2D eigenvalue weighted by Crippen LogP contribution is 2.33. The van der Waals surface area contributed by atoms with E-state index in [0.29, 0.717) is 25.5 Å². The first-order valence-corrected chi connectivity index (χ1v) is 9.02. The molecule has 0 radical (unpaired) electrons. The normalized spacial score (nSPS) is 21.4. The van der Waals surface area contributed by atoms with Crippen LogP contribution < -0.4 is 4.74 Å². The van der Waals surface area contributed by atoms with Crippen molar-refractivity contribution in [3.05, 3.63) is 65.9 Å². The Morgan fingerprint density at radius 3 is 2.89 bits per heavy atom. The van der Waals surface area contributed by atoms with E-state index in [9.17, 15) is 4.79 Å². The first-order chi connectivity index (χ1) is 13.2. The summed E-state index contributed by atoms with van der Waals surface area (Å²) in [5, 5.41) is 0. The fourth-order valence-electron chi connectivity index (χ4n) is 3.61. The Morgan fingerprint density at radius 1 is 1.26 bits per heavy atom. The van der Waals surface area contributed by atoms with E-state index >= 15 is 0 Å². The number of benzene rings is 1. The Hall–Kier alpha value is -2.86. The zero-order valence-electron chi connectivity index (χ0n) is 15.2. The summed E-state index contributed by atoms with van der Waals surface area (Å²) in [5.41, 5.74) is 3.22. The zero-order chi connectivity index (χ0) is 18.6. The number of amides is 1. The largest absolute Gasteiger partial charge is 0.481 e. The van der Waals surface area contributed by atoms with Crippen LogP contribution in [0, 0.1) is 0 Å². The van der Waals surface area contributed by atoms with Gasteiger partial charge in [0.05, 0.1) is 32.4 Å². The highest BCUT2D eigenvalue weighted by Gasteiger charge is 2.39. The highest BCUT2D eigenvalue weighted by molar-refractivity contribution is 5.74. The molecule has 1 fully saturated rings. The first-order valence-electron chi connectivity index (χ1n) is 9.02. The van der Waals surface area contributed by atoms with Crippen LogP contribution in [0.5, 0.6) is 5.88 Å². The van der Waals surface area contributed by atoms with Crippen molar-refractivity contribution in [1.82, 2.24) is 9.88 Å². The summed E-state index contributed by atoms with van der Waals surface area (Å²) < 4.78 is 16.5. The van der Waals surface area contributed by atoms with Crippen LogP contribution in [0.15, 0.2) is 54.7 Å². The van der Waals surface area contributed by atoms with Gasteiger partial charge in [-0.05, 0) is 29.2 Å². The van der Waals surface area contributed by atoms with Crippen LogP contribution in [0.1, 0.15) is 17.5 Å². The number of nitrogens with zero attached hydrogens (tertiary/aromatic N) is 2. The van der Waals surface area contributed by atoms with Crippen molar-refractivity contribution in [1.29, 1.82) is 0 Å². The van der Waals surface area contributed by atoms with Crippen molar-refractivity contribution >= 4 is 11.7 Å². The van der Waals surface area contributed by atoms with Gasteiger partial charge in [-0.1, -0.05) is 36.4 Å². The number of carbonyl (C=O) groups is 1. The number of methoxy groups -OCH3 is 1. The summed E-state index contributed by atoms with van der Waals surface area (Å²) in [6.07, 6.45) is 4.25. The minimum Gasteiger partial charge on any atom is -0.481 e. The predicted octanol–water partition coefficient (Wildman–Crippen LogP) is 3.28. The molecule has 0 aliphatic carbocycles. The minimum atomic E-state index is -0.292. The molecule has 3 heterocycles. The van der Waals surface area contributed by atoms with E-state index in [1.807, 2.05) is 47.4 Å². The average Bonchev–Trinajstić information content (AvgIpc) is 2.72. The van der Waals surface area contributed by atoms with Gasteiger partial charge in [-0.2, -0.15) is 0 Å². The number of hydrogen-bond donors (Lipinski definition) is 0. The Balaban J connectivity index is 1.50. The summed E-state index contributed by atoms with van der Waals surface area (Å²) in [6, 6.07) is 13.4. The molecule has 2 aromatic rings. The number of fused-ring (bicyclic) bond motifs is 2. The maximum Gasteiger partial charge on any atom is 0.411 e. The van der Waals surface area contributed by atoms with E-state index < -0.39 is 0 Å². The zero-order valence-corrected chi connectivity index (χ0v) is 15.2. The molecule has 2 bridgehead atoms. The summed E-state index contributed by atoms with van der Waals surface area (Å²) in [6.45, 7) is 1.26. The Kier molecular flexibility index (Phi) is 5.07. The second-order valence-electron chi connectivity index (χ2n) is 6.69. The van der Waals surface area contributed by atoms with Crippen LogP contribution in [-0.4, -0.2) is 48.4 Å². The standard InChI is InChI=1S/C21H22N2O4/c1-25-20-11-16(7-8-22-20)17-9-18-13-26-14-19(10-17)23(18)21(24)27-12-15-5-3-2-4-6-15/h2-9,11,18-19H,10,12-14H2,1H3. The third-order valence-electron chi connectivity index (χ3n) is 4.93. The molecule has 140 valence electrons. The number of hydrogen-bond acceptors (Lipinski definition) is 5. The lowest BCUT2D eigenvalue weighted by molar-refractivity contribution is -0.0342. The molecule has 27 heavy (non-hydrogen) atoms. The second-order valence-corrected chi connectivity index (χ2v) is 6.69. The van der Waals surface area contributed by atoms with E-state index in [1.54, 1.807) is 13.3 Å². The molecule has 4 rings (SSSR count). The molecule has 1 aromatic heterocycles. The van der Waals surface area contributed by atoms with Gasteiger partial charge in [-0.3, -0.25) is 4.90 Å². The summed E-state index contributed by atoms with van der Waals surface area (Å²) in [7, 11) is 1.61. The van der Waals surface area contributed by atoms with E-state index in [0.717, 1.165) is 11.1 Å². The molecule has 6 heteroatoms. The van der Waals surface area contributed by atoms with Crippen LogP contribution in [0.2, 0.25) is 0 Å². The van der Waals surface area contributed by atoms with Gasteiger partial charge in [-0.25, -0.2) is 9.78 Å². The molecule has 2 aliphatic rings. The number of rotatable bonds is 4. The molecule has 2 aliphatic heterocycles. The Morgan fingerprint density at radius 2 is 2.11 bits per heavy atom. The third kappa shape index (κ3) is 3.80. The Bertz CT molecular complexity index is 837. The number of carbonyl (C=O) groups excluding carboxylic acids is 1. The van der Waals surface area contributed by atoms with Crippen LogP contribution >= 0.6 is 0 Å². The fraction of sp³-hybridized carbons (Fsp3) is 0.333. The van der Waals surface area contributed by atoms with Gasteiger partial charge < -0.3 is 14.2 Å². The lowest BCUT2D eigenvalue weighted by atomic mass is 9.90. The number of morpholine rings is 1.